The van der Waals surface area contributed by atoms with Gasteiger partial charge in [-0.1, -0.05) is 18.6 Å². The van der Waals surface area contributed by atoms with Gasteiger partial charge in [0.2, 0.25) is 0 Å². The van der Waals surface area contributed by atoms with Crippen LogP contribution in [0.25, 0.3) is 0 Å². The summed E-state index contributed by atoms with van der Waals surface area (Å²) in [7, 11) is 0. The molecule has 126 valence electrons. The fourth-order valence-electron chi connectivity index (χ4n) is 3.42. The highest BCUT2D eigenvalue weighted by Crippen LogP contribution is 2.54. The van der Waals surface area contributed by atoms with E-state index in [1.54, 1.807) is 12.1 Å². The quantitative estimate of drug-likeness (QED) is 0.723. The number of nitrogens with one attached hydrogen (secondary N) is 2. The van der Waals surface area contributed by atoms with Gasteiger partial charge in [0, 0.05) is 24.0 Å². The van der Waals surface area contributed by atoms with Crippen LogP contribution in [0.3, 0.4) is 0 Å². The van der Waals surface area contributed by atoms with Crippen molar-refractivity contribution in [2.24, 2.45) is 11.1 Å². The predicted octanol–water partition coefficient (Wildman–Crippen LogP) is 1.25. The summed E-state index contributed by atoms with van der Waals surface area (Å²) in [5.41, 5.74) is 6.79. The summed E-state index contributed by atoms with van der Waals surface area (Å²) in [6, 6.07) is 5.92. The third-order valence-electron chi connectivity index (χ3n) is 5.08. The van der Waals surface area contributed by atoms with E-state index in [2.05, 4.69) is 10.6 Å². The van der Waals surface area contributed by atoms with Crippen molar-refractivity contribution in [3.8, 4) is 0 Å². The largest absolute Gasteiger partial charge is 0.344 e. The van der Waals surface area contributed by atoms with Crippen LogP contribution in [-0.2, 0) is 16.1 Å². The van der Waals surface area contributed by atoms with Gasteiger partial charge in [0.05, 0.1) is 0 Å². The molecule has 2 aliphatic carbocycles. The first-order valence-electron chi connectivity index (χ1n) is 7.60. The monoisotopic (exact) mass is 341 g/mol. The molecule has 0 aliphatic heterocycles. The third-order valence-corrected chi connectivity index (χ3v) is 5.08. The van der Waals surface area contributed by atoms with Crippen LogP contribution in [-0.4, -0.2) is 23.9 Å². The van der Waals surface area contributed by atoms with Gasteiger partial charge in [-0.05, 0) is 37.0 Å². The van der Waals surface area contributed by atoms with Gasteiger partial charge in [-0.2, -0.15) is 0 Å². The summed E-state index contributed by atoms with van der Waals surface area (Å²) < 4.78 is 12.8. The molecule has 3 rings (SSSR count). The van der Waals surface area contributed by atoms with Crippen molar-refractivity contribution in [3.05, 3.63) is 35.6 Å². The molecule has 2 saturated carbocycles. The van der Waals surface area contributed by atoms with Gasteiger partial charge in [-0.25, -0.2) is 4.39 Å². The van der Waals surface area contributed by atoms with E-state index in [1.165, 1.54) is 12.1 Å². The molecule has 4 N–H and O–H groups in total. The number of hydrogen-bond donors (Lipinski definition) is 3. The van der Waals surface area contributed by atoms with Crippen molar-refractivity contribution in [1.82, 2.24) is 10.6 Å². The molecule has 0 radical (unpaired) electrons. The SMILES string of the molecule is Cl.NC1CC(NC(=O)C(=O)NCc2ccc(F)cc2)C12CCC2. The van der Waals surface area contributed by atoms with E-state index in [4.69, 9.17) is 5.73 Å². The molecule has 1 aromatic rings. The zero-order valence-corrected chi connectivity index (χ0v) is 13.5. The number of nitrogens with two attached hydrogens (primary N) is 1. The van der Waals surface area contributed by atoms with Crippen molar-refractivity contribution in [2.75, 3.05) is 0 Å². The number of carbonyl (C=O) groups excluding carboxylic acids is 2. The lowest BCUT2D eigenvalue weighted by Crippen LogP contribution is -2.70. The zero-order valence-electron chi connectivity index (χ0n) is 12.7. The molecule has 23 heavy (non-hydrogen) atoms. The van der Waals surface area contributed by atoms with Crippen molar-refractivity contribution in [3.63, 3.8) is 0 Å². The lowest BCUT2D eigenvalue weighted by molar-refractivity contribution is -0.143. The van der Waals surface area contributed by atoms with Crippen LogP contribution in [0.5, 0.6) is 0 Å². The summed E-state index contributed by atoms with van der Waals surface area (Å²) in [5.74, 6) is -1.62. The van der Waals surface area contributed by atoms with Gasteiger partial charge in [0.1, 0.15) is 5.82 Å². The van der Waals surface area contributed by atoms with Gasteiger partial charge in [0.25, 0.3) is 0 Å². The zero-order chi connectivity index (χ0) is 15.7. The number of rotatable bonds is 3. The van der Waals surface area contributed by atoms with Crippen LogP contribution >= 0.6 is 12.4 Å². The molecule has 1 spiro atoms. The Hall–Kier alpha value is -1.66. The fraction of sp³-hybridized carbons (Fsp3) is 0.500. The minimum Gasteiger partial charge on any atom is -0.344 e. The van der Waals surface area contributed by atoms with Crippen LogP contribution in [0, 0.1) is 11.2 Å². The minimum absolute atomic E-state index is 0. The molecule has 0 bridgehead atoms. The first-order valence-corrected chi connectivity index (χ1v) is 7.60. The molecular formula is C16H21ClFN3O2. The lowest BCUT2D eigenvalue weighted by Gasteiger charge is -2.60. The predicted molar refractivity (Wildman–Crippen MR) is 86.3 cm³/mol. The number of hydrogen-bond acceptors (Lipinski definition) is 3. The molecule has 0 saturated heterocycles. The maximum absolute atomic E-state index is 12.8. The number of carbonyl (C=O) groups is 2. The molecule has 0 aromatic heterocycles. The van der Waals surface area contributed by atoms with Gasteiger partial charge >= 0.3 is 11.8 Å². The normalized spacial score (nSPS) is 23.9. The Kier molecular flexibility index (Phi) is 5.26. The second-order valence-electron chi connectivity index (χ2n) is 6.26. The van der Waals surface area contributed by atoms with E-state index in [9.17, 15) is 14.0 Å². The third kappa shape index (κ3) is 3.33. The molecule has 2 atom stereocenters. The minimum atomic E-state index is -0.667. The Morgan fingerprint density at radius 2 is 1.87 bits per heavy atom. The Labute approximate surface area is 140 Å². The molecule has 2 amide bonds. The molecule has 7 heteroatoms. The van der Waals surface area contributed by atoms with Crippen molar-refractivity contribution in [2.45, 2.75) is 44.3 Å². The number of amides is 2. The van der Waals surface area contributed by atoms with E-state index in [-0.39, 0.29) is 42.3 Å². The van der Waals surface area contributed by atoms with E-state index in [1.807, 2.05) is 0 Å². The molecule has 2 aliphatic rings. The summed E-state index contributed by atoms with van der Waals surface area (Å²) >= 11 is 0. The topological polar surface area (TPSA) is 84.2 Å². The van der Waals surface area contributed by atoms with Crippen molar-refractivity contribution < 1.29 is 14.0 Å². The summed E-state index contributed by atoms with van der Waals surface area (Å²) in [4.78, 5) is 23.8. The highest BCUT2D eigenvalue weighted by atomic mass is 35.5. The van der Waals surface area contributed by atoms with Crippen LogP contribution in [0.1, 0.15) is 31.2 Å². The second-order valence-corrected chi connectivity index (χ2v) is 6.26. The highest BCUT2D eigenvalue weighted by molar-refractivity contribution is 6.35. The summed E-state index contributed by atoms with van der Waals surface area (Å²) in [6.07, 6.45) is 3.92. The Balaban J connectivity index is 0.00000192. The lowest BCUT2D eigenvalue weighted by atomic mass is 9.50. The molecule has 1 aromatic carbocycles. The standard InChI is InChI=1S/C16H20FN3O2.ClH/c17-11-4-2-10(3-5-11)9-19-14(21)15(22)20-13-8-12(18)16(13)6-1-7-16;/h2-5,12-13H,1,6-9,18H2,(H,19,21)(H,20,22);1H. The molecule has 0 heterocycles. The van der Waals surface area contributed by atoms with Gasteiger partial charge in [-0.3, -0.25) is 9.59 Å². The Morgan fingerprint density at radius 3 is 2.39 bits per heavy atom. The maximum atomic E-state index is 12.8. The average Bonchev–Trinajstić information content (AvgIpc) is 2.43. The Morgan fingerprint density at radius 1 is 1.22 bits per heavy atom. The average molecular weight is 342 g/mol. The van der Waals surface area contributed by atoms with Gasteiger partial charge in [-0.15, -0.1) is 12.4 Å². The van der Waals surface area contributed by atoms with Gasteiger partial charge in [0.15, 0.2) is 0 Å². The molecule has 2 unspecified atom stereocenters. The van der Waals surface area contributed by atoms with Crippen LogP contribution < -0.4 is 16.4 Å². The molecule has 2 fully saturated rings. The van der Waals surface area contributed by atoms with Crippen LogP contribution in [0.15, 0.2) is 24.3 Å². The summed E-state index contributed by atoms with van der Waals surface area (Å²) in [6.45, 7) is 0.196. The maximum Gasteiger partial charge on any atom is 0.309 e. The van der Waals surface area contributed by atoms with Gasteiger partial charge < -0.3 is 16.4 Å². The van der Waals surface area contributed by atoms with E-state index >= 15 is 0 Å². The summed E-state index contributed by atoms with van der Waals surface area (Å²) in [5, 5.41) is 5.34. The number of halogens is 2. The van der Waals surface area contributed by atoms with Crippen LogP contribution in [0.4, 0.5) is 4.39 Å². The van der Waals surface area contributed by atoms with Crippen molar-refractivity contribution >= 4 is 24.2 Å². The molecular weight excluding hydrogens is 321 g/mol. The van der Waals surface area contributed by atoms with E-state index in [0.717, 1.165) is 31.2 Å². The van der Waals surface area contributed by atoms with E-state index in [0.29, 0.717) is 0 Å². The second kappa shape index (κ2) is 6.84. The Bertz CT molecular complexity index is 589. The molecule has 5 nitrogen and oxygen atoms in total. The smallest absolute Gasteiger partial charge is 0.309 e. The first kappa shape index (κ1) is 17.7. The van der Waals surface area contributed by atoms with Crippen molar-refractivity contribution in [1.29, 1.82) is 0 Å². The van der Waals surface area contributed by atoms with E-state index < -0.39 is 11.8 Å². The number of benzene rings is 1. The fourth-order valence-corrected chi connectivity index (χ4v) is 3.42. The highest BCUT2D eigenvalue weighted by Gasteiger charge is 2.57. The van der Waals surface area contributed by atoms with Crippen LogP contribution in [0.2, 0.25) is 0 Å². The first-order chi connectivity index (χ1) is 10.5.